The predicted octanol–water partition coefficient (Wildman–Crippen LogP) is 5.95. The fraction of sp³-hybridized carbons (Fsp3) is 0.281. The first-order valence-corrected chi connectivity index (χ1v) is 14.0. The molecule has 0 radical (unpaired) electrons. The summed E-state index contributed by atoms with van der Waals surface area (Å²) in [6.07, 6.45) is 5.16. The van der Waals surface area contributed by atoms with Gasteiger partial charge in [0.15, 0.2) is 0 Å². The normalized spacial score (nSPS) is 18.5. The number of carbonyl (C=O) groups excluding carboxylic acids is 3. The van der Waals surface area contributed by atoms with Crippen molar-refractivity contribution >= 4 is 46.8 Å². The third-order valence-corrected chi connectivity index (χ3v) is 7.79. The van der Waals surface area contributed by atoms with E-state index in [1.165, 1.54) is 26.0 Å². The lowest BCUT2D eigenvalue weighted by molar-refractivity contribution is -0.131. The lowest BCUT2D eigenvalue weighted by Gasteiger charge is -2.40. The first-order chi connectivity index (χ1) is 19.7. The Kier molecular flexibility index (Phi) is 8.52. The zero-order valence-corrected chi connectivity index (χ0v) is 23.7. The standard InChI is InChI=1S/C32H32ClFN4O3/c1-20(39)35-26-5-3-4-23(14-26)29-15-24(31(16-30(29)33)36-21(2)40)8-13-32(41)38-27-11-12-28(38)19-37(18-27)17-22-6-9-25(34)10-7-22/h3-10,13-16,27-28H,11-12,17-19H2,1-2H3,(H,35,39)(H,36,40). The van der Waals surface area contributed by atoms with E-state index in [9.17, 15) is 18.8 Å². The van der Waals surface area contributed by atoms with Crippen LogP contribution in [0.4, 0.5) is 15.8 Å². The number of anilines is 2. The van der Waals surface area contributed by atoms with Gasteiger partial charge in [0.05, 0.1) is 5.02 Å². The first-order valence-electron chi connectivity index (χ1n) is 13.6. The molecular weight excluding hydrogens is 543 g/mol. The molecule has 7 nitrogen and oxygen atoms in total. The van der Waals surface area contributed by atoms with E-state index in [0.717, 1.165) is 43.6 Å². The van der Waals surface area contributed by atoms with E-state index in [-0.39, 0.29) is 35.6 Å². The molecule has 2 aliphatic rings. The summed E-state index contributed by atoms with van der Waals surface area (Å²) in [4.78, 5) is 41.2. The second kappa shape index (κ2) is 12.2. The highest BCUT2D eigenvalue weighted by molar-refractivity contribution is 6.34. The van der Waals surface area contributed by atoms with Gasteiger partial charge in [-0.3, -0.25) is 19.3 Å². The Labute approximate surface area is 244 Å². The molecule has 2 atom stereocenters. The molecule has 2 saturated heterocycles. The van der Waals surface area contributed by atoms with Crippen LogP contribution < -0.4 is 10.6 Å². The molecule has 0 aliphatic carbocycles. The number of halogens is 2. The molecule has 3 aromatic carbocycles. The Balaban J connectivity index is 1.36. The van der Waals surface area contributed by atoms with Gasteiger partial charge in [-0.2, -0.15) is 0 Å². The number of piperazine rings is 1. The van der Waals surface area contributed by atoms with Crippen LogP contribution in [-0.2, 0) is 20.9 Å². The van der Waals surface area contributed by atoms with Crippen molar-refractivity contribution in [2.45, 2.75) is 45.3 Å². The minimum atomic E-state index is -0.252. The fourth-order valence-electron chi connectivity index (χ4n) is 5.79. The van der Waals surface area contributed by atoms with Gasteiger partial charge in [-0.1, -0.05) is 35.9 Å². The van der Waals surface area contributed by atoms with Crippen LogP contribution in [0.15, 0.2) is 66.7 Å². The number of nitrogens with one attached hydrogen (secondary N) is 2. The molecule has 2 unspecified atom stereocenters. The topological polar surface area (TPSA) is 81.8 Å². The lowest BCUT2D eigenvalue weighted by Crippen LogP contribution is -2.55. The van der Waals surface area contributed by atoms with E-state index in [1.807, 2.05) is 29.2 Å². The Morgan fingerprint density at radius 3 is 2.29 bits per heavy atom. The average molecular weight is 575 g/mol. The zero-order valence-electron chi connectivity index (χ0n) is 23.0. The Morgan fingerprint density at radius 2 is 1.63 bits per heavy atom. The molecule has 2 N–H and O–H groups in total. The van der Waals surface area contributed by atoms with Gasteiger partial charge in [-0.25, -0.2) is 4.39 Å². The molecule has 0 spiro atoms. The molecule has 3 amide bonds. The van der Waals surface area contributed by atoms with Crippen molar-refractivity contribution in [2.24, 2.45) is 0 Å². The first kappa shape index (κ1) is 28.5. The summed E-state index contributed by atoms with van der Waals surface area (Å²) in [5.41, 5.74) is 4.32. The number of hydrogen-bond acceptors (Lipinski definition) is 4. The van der Waals surface area contributed by atoms with Crippen LogP contribution in [0.1, 0.15) is 37.8 Å². The molecular formula is C32H32ClFN4O3. The van der Waals surface area contributed by atoms with Gasteiger partial charge in [-0.05, 0) is 72.0 Å². The van der Waals surface area contributed by atoms with Crippen molar-refractivity contribution in [3.05, 3.63) is 88.7 Å². The SMILES string of the molecule is CC(=O)Nc1cccc(-c2cc(C=CC(=O)N3C4CCC3CN(Cc3ccc(F)cc3)C4)c(NC(C)=O)cc2Cl)c1. The molecule has 5 rings (SSSR count). The minimum Gasteiger partial charge on any atom is -0.331 e. The minimum absolute atomic E-state index is 0.0723. The maximum atomic E-state index is 13.5. The average Bonchev–Trinajstić information content (AvgIpc) is 3.19. The highest BCUT2D eigenvalue weighted by Crippen LogP contribution is 2.36. The van der Waals surface area contributed by atoms with Crippen molar-refractivity contribution in [2.75, 3.05) is 23.7 Å². The summed E-state index contributed by atoms with van der Waals surface area (Å²) in [6, 6.07) is 17.6. The third kappa shape index (κ3) is 6.84. The maximum Gasteiger partial charge on any atom is 0.247 e. The van der Waals surface area contributed by atoms with Gasteiger partial charge < -0.3 is 15.5 Å². The van der Waals surface area contributed by atoms with Crippen LogP contribution in [0.25, 0.3) is 17.2 Å². The van der Waals surface area contributed by atoms with Crippen LogP contribution in [0, 0.1) is 5.82 Å². The summed E-state index contributed by atoms with van der Waals surface area (Å²) >= 11 is 6.63. The fourth-order valence-corrected chi connectivity index (χ4v) is 6.06. The third-order valence-electron chi connectivity index (χ3n) is 7.48. The van der Waals surface area contributed by atoms with Crippen molar-refractivity contribution in [1.29, 1.82) is 0 Å². The number of hydrogen-bond donors (Lipinski definition) is 2. The summed E-state index contributed by atoms with van der Waals surface area (Å²) < 4.78 is 13.3. The number of nitrogens with zero attached hydrogens (tertiary/aromatic N) is 2. The Hall–Kier alpha value is -4.01. The molecule has 2 bridgehead atoms. The highest BCUT2D eigenvalue weighted by Gasteiger charge is 2.41. The largest absolute Gasteiger partial charge is 0.331 e. The van der Waals surface area contributed by atoms with Crippen LogP contribution in [0.5, 0.6) is 0 Å². The van der Waals surface area contributed by atoms with E-state index in [2.05, 4.69) is 15.5 Å². The van der Waals surface area contributed by atoms with Gasteiger partial charge in [0.1, 0.15) is 5.82 Å². The van der Waals surface area contributed by atoms with Crippen LogP contribution in [0.2, 0.25) is 5.02 Å². The van der Waals surface area contributed by atoms with Crippen molar-refractivity contribution in [1.82, 2.24) is 9.80 Å². The number of carbonyl (C=O) groups is 3. The molecule has 9 heteroatoms. The predicted molar refractivity (Wildman–Crippen MR) is 160 cm³/mol. The second-order valence-electron chi connectivity index (χ2n) is 10.6. The number of fused-ring (bicyclic) bond motifs is 2. The van der Waals surface area contributed by atoms with E-state index in [0.29, 0.717) is 27.5 Å². The van der Waals surface area contributed by atoms with E-state index >= 15 is 0 Å². The van der Waals surface area contributed by atoms with Crippen molar-refractivity contribution in [3.63, 3.8) is 0 Å². The van der Waals surface area contributed by atoms with E-state index < -0.39 is 0 Å². The van der Waals surface area contributed by atoms with Gasteiger partial charge in [0, 0.05) is 68.6 Å². The molecule has 2 heterocycles. The lowest BCUT2D eigenvalue weighted by atomic mass is 10.0. The van der Waals surface area contributed by atoms with Crippen LogP contribution in [-0.4, -0.2) is 52.7 Å². The van der Waals surface area contributed by atoms with E-state index in [1.54, 1.807) is 36.4 Å². The highest BCUT2D eigenvalue weighted by atomic mass is 35.5. The maximum absolute atomic E-state index is 13.5. The quantitative estimate of drug-likeness (QED) is 0.342. The van der Waals surface area contributed by atoms with E-state index in [4.69, 9.17) is 11.6 Å². The van der Waals surface area contributed by atoms with Crippen LogP contribution in [0.3, 0.4) is 0 Å². The number of rotatable bonds is 7. The van der Waals surface area contributed by atoms with Crippen molar-refractivity contribution in [3.8, 4) is 11.1 Å². The number of likely N-dealkylation sites (tertiary alicyclic amines) is 1. The molecule has 0 aromatic heterocycles. The zero-order chi connectivity index (χ0) is 29.1. The molecule has 0 saturated carbocycles. The monoisotopic (exact) mass is 574 g/mol. The van der Waals surface area contributed by atoms with Gasteiger partial charge in [0.2, 0.25) is 17.7 Å². The number of benzene rings is 3. The summed E-state index contributed by atoms with van der Waals surface area (Å²) in [7, 11) is 0. The Morgan fingerprint density at radius 1 is 0.951 bits per heavy atom. The van der Waals surface area contributed by atoms with Crippen LogP contribution >= 0.6 is 11.6 Å². The molecule has 41 heavy (non-hydrogen) atoms. The Bertz CT molecular complexity index is 1490. The van der Waals surface area contributed by atoms with Gasteiger partial charge in [0.25, 0.3) is 0 Å². The van der Waals surface area contributed by atoms with Gasteiger partial charge in [-0.15, -0.1) is 0 Å². The molecule has 2 aliphatic heterocycles. The molecule has 3 aromatic rings. The smallest absolute Gasteiger partial charge is 0.247 e. The number of amides is 3. The molecule has 212 valence electrons. The summed E-state index contributed by atoms with van der Waals surface area (Å²) in [5, 5.41) is 6.01. The summed E-state index contributed by atoms with van der Waals surface area (Å²) in [6.45, 7) is 5.11. The van der Waals surface area contributed by atoms with Gasteiger partial charge >= 0.3 is 0 Å². The van der Waals surface area contributed by atoms with Crippen molar-refractivity contribution < 1.29 is 18.8 Å². The summed E-state index contributed by atoms with van der Waals surface area (Å²) in [5.74, 6) is -0.750. The molecule has 2 fully saturated rings. The second-order valence-corrected chi connectivity index (χ2v) is 11.1.